The summed E-state index contributed by atoms with van der Waals surface area (Å²) < 4.78 is 13.5. The molecule has 0 radical (unpaired) electrons. The average Bonchev–Trinajstić information content (AvgIpc) is 3.06. The Labute approximate surface area is 169 Å². The maximum atomic E-state index is 5.90. The van der Waals surface area contributed by atoms with Gasteiger partial charge in [0.15, 0.2) is 17.3 Å². The molecule has 0 saturated carbocycles. The van der Waals surface area contributed by atoms with Crippen molar-refractivity contribution in [1.29, 1.82) is 0 Å². The summed E-state index contributed by atoms with van der Waals surface area (Å²) in [5, 5.41) is 11.6. The molecule has 0 unspecified atom stereocenters. The van der Waals surface area contributed by atoms with Crippen LogP contribution in [0.3, 0.4) is 0 Å². The number of benzene rings is 2. The van der Waals surface area contributed by atoms with Gasteiger partial charge in [0.1, 0.15) is 6.61 Å². The van der Waals surface area contributed by atoms with E-state index < -0.39 is 0 Å². The summed E-state index contributed by atoms with van der Waals surface area (Å²) in [6.45, 7) is 6.66. The van der Waals surface area contributed by atoms with E-state index in [2.05, 4.69) is 36.1 Å². The molecule has 146 valence electrons. The highest BCUT2D eigenvalue weighted by Crippen LogP contribution is 2.28. The Bertz CT molecular complexity index is 1020. The van der Waals surface area contributed by atoms with E-state index in [-0.39, 0.29) is 5.41 Å². The van der Waals surface area contributed by atoms with Gasteiger partial charge in [0.25, 0.3) is 0 Å². The number of nitrogens with one attached hydrogen (secondary N) is 1. The lowest BCUT2D eigenvalue weighted by molar-refractivity contribution is 0.284. The molecule has 0 amide bonds. The quantitative estimate of drug-likeness (QED) is 0.484. The van der Waals surface area contributed by atoms with E-state index >= 15 is 0 Å². The molecule has 28 heavy (non-hydrogen) atoms. The molecule has 6 nitrogen and oxygen atoms in total. The van der Waals surface area contributed by atoms with Crippen molar-refractivity contribution in [2.75, 3.05) is 7.11 Å². The van der Waals surface area contributed by atoms with Crippen LogP contribution in [0.4, 0.5) is 0 Å². The molecular weight excluding hydrogens is 372 g/mol. The third-order valence-electron chi connectivity index (χ3n) is 4.07. The number of methoxy groups -OCH3 is 1. The first-order valence-corrected chi connectivity index (χ1v) is 9.36. The smallest absolute Gasteiger partial charge is 0.216 e. The van der Waals surface area contributed by atoms with Gasteiger partial charge in [0, 0.05) is 5.41 Å². The van der Waals surface area contributed by atoms with E-state index in [1.165, 1.54) is 0 Å². The molecule has 0 bridgehead atoms. The number of aromatic amines is 1. The number of hydrogen-bond donors (Lipinski definition) is 1. The van der Waals surface area contributed by atoms with E-state index in [0.717, 1.165) is 17.0 Å². The molecule has 1 N–H and O–H groups in total. The van der Waals surface area contributed by atoms with Gasteiger partial charge in [-0.05, 0) is 41.5 Å². The first-order chi connectivity index (χ1) is 13.4. The van der Waals surface area contributed by atoms with Crippen LogP contribution in [0.15, 0.2) is 53.6 Å². The van der Waals surface area contributed by atoms with Crippen LogP contribution in [-0.2, 0) is 12.0 Å². The molecule has 0 saturated heterocycles. The molecule has 1 heterocycles. The van der Waals surface area contributed by atoms with Crippen LogP contribution in [0, 0.1) is 4.77 Å². The van der Waals surface area contributed by atoms with Crippen molar-refractivity contribution in [2.24, 2.45) is 5.10 Å². The van der Waals surface area contributed by atoms with Crippen LogP contribution in [0.25, 0.3) is 0 Å². The first-order valence-electron chi connectivity index (χ1n) is 8.95. The molecule has 0 aliphatic carbocycles. The van der Waals surface area contributed by atoms with Gasteiger partial charge in [-0.2, -0.15) is 14.9 Å². The number of hydrogen-bond acceptors (Lipinski definition) is 5. The van der Waals surface area contributed by atoms with Crippen molar-refractivity contribution in [3.63, 3.8) is 0 Å². The van der Waals surface area contributed by atoms with E-state index in [1.54, 1.807) is 18.0 Å². The molecule has 0 fully saturated rings. The van der Waals surface area contributed by atoms with E-state index in [1.807, 2.05) is 48.5 Å². The summed E-state index contributed by atoms with van der Waals surface area (Å²) in [7, 11) is 1.62. The Balaban J connectivity index is 1.80. The van der Waals surface area contributed by atoms with Crippen LogP contribution in [0.5, 0.6) is 11.5 Å². The fourth-order valence-corrected chi connectivity index (χ4v) is 2.81. The SMILES string of the molecule is COc1cc(/C=N\n2c(C(C)(C)C)n[nH]c2=S)ccc1OCc1ccccc1. The van der Waals surface area contributed by atoms with Gasteiger partial charge in [0.05, 0.1) is 13.3 Å². The largest absolute Gasteiger partial charge is 0.493 e. The van der Waals surface area contributed by atoms with Crippen molar-refractivity contribution in [3.8, 4) is 11.5 Å². The first kappa shape index (κ1) is 19.8. The lowest BCUT2D eigenvalue weighted by Crippen LogP contribution is -2.17. The number of aromatic nitrogens is 3. The minimum atomic E-state index is -0.183. The van der Waals surface area contributed by atoms with Crippen LogP contribution in [-0.4, -0.2) is 28.2 Å². The van der Waals surface area contributed by atoms with Crippen LogP contribution >= 0.6 is 12.2 Å². The van der Waals surface area contributed by atoms with Gasteiger partial charge >= 0.3 is 0 Å². The number of ether oxygens (including phenoxy) is 2. The Morgan fingerprint density at radius 3 is 2.57 bits per heavy atom. The number of H-pyrrole nitrogens is 1. The zero-order valence-electron chi connectivity index (χ0n) is 16.5. The highest BCUT2D eigenvalue weighted by atomic mass is 32.1. The second-order valence-corrected chi connectivity index (χ2v) is 7.73. The molecule has 3 aromatic rings. The van der Waals surface area contributed by atoms with Gasteiger partial charge in [0.2, 0.25) is 4.77 Å². The summed E-state index contributed by atoms with van der Waals surface area (Å²) in [5.74, 6) is 2.09. The van der Waals surface area contributed by atoms with Crippen molar-refractivity contribution >= 4 is 18.4 Å². The fraction of sp³-hybridized carbons (Fsp3) is 0.286. The van der Waals surface area contributed by atoms with Gasteiger partial charge in [-0.15, -0.1) is 0 Å². The molecule has 0 spiro atoms. The van der Waals surface area contributed by atoms with E-state index in [4.69, 9.17) is 21.7 Å². The minimum absolute atomic E-state index is 0.183. The topological polar surface area (TPSA) is 64.4 Å². The van der Waals surface area contributed by atoms with Crippen molar-refractivity contribution in [1.82, 2.24) is 14.9 Å². The summed E-state index contributed by atoms with van der Waals surface area (Å²) in [4.78, 5) is 0. The zero-order valence-corrected chi connectivity index (χ0v) is 17.3. The third kappa shape index (κ3) is 4.67. The van der Waals surface area contributed by atoms with Crippen LogP contribution < -0.4 is 9.47 Å². The molecule has 1 aromatic heterocycles. The standard InChI is InChI=1S/C21H24N4O2S/c1-21(2,3)19-23-24-20(28)25(19)22-13-16-10-11-17(18(12-16)26-4)27-14-15-8-6-5-7-9-15/h5-13H,14H2,1-4H3,(H,24,28)/b22-13-. The summed E-state index contributed by atoms with van der Waals surface area (Å²) in [6, 6.07) is 15.7. The third-order valence-corrected chi connectivity index (χ3v) is 4.33. The number of nitrogens with zero attached hydrogens (tertiary/aromatic N) is 3. The Kier molecular flexibility index (Phi) is 5.94. The summed E-state index contributed by atoms with van der Waals surface area (Å²) >= 11 is 5.29. The highest BCUT2D eigenvalue weighted by Gasteiger charge is 2.21. The van der Waals surface area contributed by atoms with Crippen molar-refractivity contribution in [2.45, 2.75) is 32.8 Å². The van der Waals surface area contributed by atoms with Gasteiger partial charge in [-0.25, -0.2) is 0 Å². The van der Waals surface area contributed by atoms with Crippen LogP contribution in [0.2, 0.25) is 0 Å². The minimum Gasteiger partial charge on any atom is -0.493 e. The molecular formula is C21H24N4O2S. The van der Waals surface area contributed by atoms with Gasteiger partial charge in [-0.1, -0.05) is 51.1 Å². The second-order valence-electron chi connectivity index (χ2n) is 7.34. The lowest BCUT2D eigenvalue weighted by Gasteiger charge is -2.15. The molecule has 0 aliphatic rings. The maximum absolute atomic E-state index is 5.90. The molecule has 2 aromatic carbocycles. The molecule has 0 aliphatic heterocycles. The van der Waals surface area contributed by atoms with Gasteiger partial charge < -0.3 is 9.47 Å². The lowest BCUT2D eigenvalue weighted by atomic mass is 9.96. The molecule has 7 heteroatoms. The van der Waals surface area contributed by atoms with Crippen LogP contribution in [0.1, 0.15) is 37.7 Å². The van der Waals surface area contributed by atoms with E-state index in [0.29, 0.717) is 22.9 Å². The second kappa shape index (κ2) is 8.39. The predicted molar refractivity (Wildman–Crippen MR) is 113 cm³/mol. The summed E-state index contributed by atoms with van der Waals surface area (Å²) in [6.07, 6.45) is 1.73. The average molecular weight is 397 g/mol. The van der Waals surface area contributed by atoms with Crippen molar-refractivity contribution < 1.29 is 9.47 Å². The molecule has 3 rings (SSSR count). The van der Waals surface area contributed by atoms with E-state index in [9.17, 15) is 0 Å². The monoisotopic (exact) mass is 396 g/mol. The Morgan fingerprint density at radius 1 is 1.14 bits per heavy atom. The predicted octanol–water partition coefficient (Wildman–Crippen LogP) is 4.71. The highest BCUT2D eigenvalue weighted by molar-refractivity contribution is 7.71. The molecule has 0 atom stereocenters. The van der Waals surface area contributed by atoms with Gasteiger partial charge in [-0.3, -0.25) is 5.10 Å². The Morgan fingerprint density at radius 2 is 1.89 bits per heavy atom. The summed E-state index contributed by atoms with van der Waals surface area (Å²) in [5.41, 5.74) is 1.78. The van der Waals surface area contributed by atoms with Crippen molar-refractivity contribution in [3.05, 3.63) is 70.3 Å². The Hall–Kier alpha value is -2.93. The normalized spacial score (nSPS) is 11.7. The fourth-order valence-electron chi connectivity index (χ4n) is 2.63. The maximum Gasteiger partial charge on any atom is 0.216 e. The zero-order chi connectivity index (χ0) is 20.1. The number of rotatable bonds is 6.